The summed E-state index contributed by atoms with van der Waals surface area (Å²) >= 11 is 0. The number of pyridine rings is 1. The number of hydrogen-bond donors (Lipinski definition) is 1. The third-order valence-corrected chi connectivity index (χ3v) is 5.34. The number of nitrogens with zero attached hydrogens (tertiary/aromatic N) is 5. The Kier molecular flexibility index (Phi) is 7.07. The second-order valence-corrected chi connectivity index (χ2v) is 7.48. The van der Waals surface area contributed by atoms with Gasteiger partial charge in [-0.15, -0.1) is 0 Å². The van der Waals surface area contributed by atoms with Crippen LogP contribution in [0, 0.1) is 0 Å². The Labute approximate surface area is 195 Å². The van der Waals surface area contributed by atoms with Gasteiger partial charge in [0.2, 0.25) is 0 Å². The van der Waals surface area contributed by atoms with Crippen LogP contribution in [0.1, 0.15) is 12.0 Å². The molecule has 0 aliphatic carbocycles. The maximum atomic E-state index is 13.5. The molecule has 4 rings (SSSR count). The highest BCUT2D eigenvalue weighted by Crippen LogP contribution is 2.29. The molecule has 1 aliphatic heterocycles. The molecule has 1 saturated heterocycles. The van der Waals surface area contributed by atoms with Crippen LogP contribution in [-0.2, 0) is 9.53 Å². The van der Waals surface area contributed by atoms with Crippen LogP contribution in [0.25, 0.3) is 17.0 Å². The van der Waals surface area contributed by atoms with Gasteiger partial charge in [-0.1, -0.05) is 36.9 Å². The third-order valence-electron chi connectivity index (χ3n) is 5.34. The van der Waals surface area contributed by atoms with E-state index in [0.717, 1.165) is 5.82 Å². The van der Waals surface area contributed by atoms with Gasteiger partial charge in [0.05, 0.1) is 18.9 Å². The number of morpholine rings is 1. The van der Waals surface area contributed by atoms with E-state index >= 15 is 0 Å². The highest BCUT2D eigenvalue weighted by atomic mass is 19.3. The molecule has 1 fully saturated rings. The number of carbonyl (C=O) groups is 1. The molecule has 0 saturated carbocycles. The SMILES string of the molecule is C=C(C(=O)Nc1cccc(N2CCOCC2)n1)n1nc(-c2ccccc2C(F)F)cc/c1=N/C. The van der Waals surface area contributed by atoms with Crippen molar-refractivity contribution in [2.75, 3.05) is 43.6 Å². The summed E-state index contributed by atoms with van der Waals surface area (Å²) in [6.45, 7) is 6.52. The lowest BCUT2D eigenvalue weighted by molar-refractivity contribution is -0.111. The van der Waals surface area contributed by atoms with Crippen molar-refractivity contribution >= 4 is 23.2 Å². The van der Waals surface area contributed by atoms with Crippen molar-refractivity contribution in [3.63, 3.8) is 0 Å². The minimum absolute atomic E-state index is 0.0319. The smallest absolute Gasteiger partial charge is 0.274 e. The van der Waals surface area contributed by atoms with E-state index in [1.165, 1.54) is 10.7 Å². The minimum Gasteiger partial charge on any atom is -0.378 e. The molecule has 10 heteroatoms. The molecule has 0 unspecified atom stereocenters. The van der Waals surface area contributed by atoms with Gasteiger partial charge in [-0.25, -0.2) is 18.4 Å². The van der Waals surface area contributed by atoms with Gasteiger partial charge in [-0.2, -0.15) is 5.10 Å². The van der Waals surface area contributed by atoms with Gasteiger partial charge in [0.25, 0.3) is 12.3 Å². The number of carbonyl (C=O) groups excluding carboxylic acids is 1. The number of alkyl halides is 2. The Hall–Kier alpha value is -3.92. The largest absolute Gasteiger partial charge is 0.378 e. The molecule has 1 amide bonds. The molecule has 1 aromatic carbocycles. The Morgan fingerprint density at radius 3 is 2.62 bits per heavy atom. The van der Waals surface area contributed by atoms with Crippen molar-refractivity contribution in [2.45, 2.75) is 6.43 Å². The van der Waals surface area contributed by atoms with Crippen molar-refractivity contribution in [1.82, 2.24) is 14.8 Å². The van der Waals surface area contributed by atoms with Gasteiger partial charge in [0.1, 0.15) is 22.8 Å². The van der Waals surface area contributed by atoms with E-state index in [4.69, 9.17) is 4.74 Å². The second kappa shape index (κ2) is 10.3. The molecular weight excluding hydrogens is 442 g/mol. The maximum Gasteiger partial charge on any atom is 0.274 e. The molecule has 0 bridgehead atoms. The van der Waals surface area contributed by atoms with Crippen molar-refractivity contribution < 1.29 is 18.3 Å². The summed E-state index contributed by atoms with van der Waals surface area (Å²) in [4.78, 5) is 23.7. The predicted octanol–water partition coefficient (Wildman–Crippen LogP) is 3.36. The van der Waals surface area contributed by atoms with Crippen LogP contribution >= 0.6 is 0 Å². The Morgan fingerprint density at radius 2 is 1.88 bits per heavy atom. The molecule has 0 spiro atoms. The first-order chi connectivity index (χ1) is 16.5. The van der Waals surface area contributed by atoms with Crippen LogP contribution in [0.3, 0.4) is 0 Å². The fourth-order valence-corrected chi connectivity index (χ4v) is 3.59. The number of rotatable bonds is 6. The lowest BCUT2D eigenvalue weighted by atomic mass is 10.0. The number of nitrogens with one attached hydrogen (secondary N) is 1. The standard InChI is InChI=1S/C24H24F2N6O2/c1-16(24(33)29-20-8-5-9-22(28-20)31-12-14-34-15-13-31)32-21(27-2)11-10-19(30-32)17-6-3-4-7-18(17)23(25)26/h3-11,23H,1,12-15H2,2H3,(H,28,29,33)/b27-21-. The summed E-state index contributed by atoms with van der Waals surface area (Å²) in [7, 11) is 1.54. The topological polar surface area (TPSA) is 84.6 Å². The van der Waals surface area contributed by atoms with Crippen molar-refractivity contribution in [3.8, 4) is 11.3 Å². The van der Waals surface area contributed by atoms with E-state index in [0.29, 0.717) is 37.6 Å². The number of halogens is 2. The zero-order chi connectivity index (χ0) is 24.1. The van der Waals surface area contributed by atoms with Gasteiger partial charge in [0.15, 0.2) is 0 Å². The first kappa shape index (κ1) is 23.2. The van der Waals surface area contributed by atoms with Gasteiger partial charge >= 0.3 is 0 Å². The van der Waals surface area contributed by atoms with Crippen LogP contribution in [0.4, 0.5) is 20.4 Å². The zero-order valence-corrected chi connectivity index (χ0v) is 18.6. The Bertz CT molecular complexity index is 1270. The van der Waals surface area contributed by atoms with E-state index in [-0.39, 0.29) is 22.5 Å². The molecule has 0 atom stereocenters. The fourth-order valence-electron chi connectivity index (χ4n) is 3.59. The third kappa shape index (κ3) is 5.01. The van der Waals surface area contributed by atoms with Crippen molar-refractivity contribution in [2.24, 2.45) is 4.99 Å². The number of benzene rings is 1. The summed E-state index contributed by atoms with van der Waals surface area (Å²) in [5.74, 6) is 0.533. The molecule has 8 nitrogen and oxygen atoms in total. The maximum absolute atomic E-state index is 13.5. The molecule has 0 radical (unpaired) electrons. The normalized spacial score (nSPS) is 14.4. The first-order valence-electron chi connectivity index (χ1n) is 10.7. The van der Waals surface area contributed by atoms with Crippen LogP contribution < -0.4 is 15.7 Å². The summed E-state index contributed by atoms with van der Waals surface area (Å²) in [5.41, 5.74) is 0.692. The number of amides is 1. The van der Waals surface area contributed by atoms with E-state index in [9.17, 15) is 13.6 Å². The van der Waals surface area contributed by atoms with Gasteiger partial charge in [-0.05, 0) is 24.3 Å². The van der Waals surface area contributed by atoms with E-state index < -0.39 is 12.3 Å². The number of ether oxygens (including phenoxy) is 1. The second-order valence-electron chi connectivity index (χ2n) is 7.48. The molecule has 1 aliphatic rings. The van der Waals surface area contributed by atoms with Crippen LogP contribution in [-0.4, -0.2) is 54.0 Å². The highest BCUT2D eigenvalue weighted by Gasteiger charge is 2.18. The highest BCUT2D eigenvalue weighted by molar-refractivity contribution is 6.19. The summed E-state index contributed by atoms with van der Waals surface area (Å²) in [6.07, 6.45) is -2.67. The van der Waals surface area contributed by atoms with Crippen molar-refractivity contribution in [1.29, 1.82) is 0 Å². The Balaban J connectivity index is 1.60. The molecule has 176 valence electrons. The van der Waals surface area contributed by atoms with E-state index in [2.05, 4.69) is 31.9 Å². The van der Waals surface area contributed by atoms with E-state index in [1.54, 1.807) is 49.5 Å². The van der Waals surface area contributed by atoms with Crippen molar-refractivity contribution in [3.05, 3.63) is 72.2 Å². The summed E-state index contributed by atoms with van der Waals surface area (Å²) in [6, 6.07) is 14.6. The molecule has 1 N–H and O–H groups in total. The fraction of sp³-hybridized carbons (Fsp3) is 0.250. The van der Waals surface area contributed by atoms with Crippen LogP contribution in [0.15, 0.2) is 66.2 Å². The van der Waals surface area contributed by atoms with Gasteiger partial charge in [0, 0.05) is 31.3 Å². The summed E-state index contributed by atoms with van der Waals surface area (Å²) < 4.78 is 33.6. The predicted molar refractivity (Wildman–Crippen MR) is 125 cm³/mol. The van der Waals surface area contributed by atoms with E-state index in [1.807, 2.05) is 6.07 Å². The molecule has 3 aromatic rings. The minimum atomic E-state index is -2.67. The quantitative estimate of drug-likeness (QED) is 0.564. The first-order valence-corrected chi connectivity index (χ1v) is 10.7. The number of anilines is 2. The lowest BCUT2D eigenvalue weighted by Gasteiger charge is -2.28. The monoisotopic (exact) mass is 466 g/mol. The van der Waals surface area contributed by atoms with Crippen LogP contribution in [0.5, 0.6) is 0 Å². The lowest BCUT2D eigenvalue weighted by Crippen LogP contribution is -2.36. The number of aromatic nitrogens is 3. The summed E-state index contributed by atoms with van der Waals surface area (Å²) in [5, 5.41) is 7.13. The average Bonchev–Trinajstić information content (AvgIpc) is 2.88. The number of hydrogen-bond acceptors (Lipinski definition) is 6. The van der Waals surface area contributed by atoms with Gasteiger partial charge in [-0.3, -0.25) is 9.79 Å². The zero-order valence-electron chi connectivity index (χ0n) is 18.6. The molecule has 34 heavy (non-hydrogen) atoms. The Morgan fingerprint density at radius 1 is 1.12 bits per heavy atom. The van der Waals surface area contributed by atoms with Gasteiger partial charge < -0.3 is 15.0 Å². The molecule has 3 heterocycles. The van der Waals surface area contributed by atoms with Crippen LogP contribution in [0.2, 0.25) is 0 Å². The average molecular weight is 466 g/mol. The molecule has 2 aromatic heterocycles. The molecular formula is C24H24F2N6O2.